The smallest absolute Gasteiger partial charge is 0.0255 e. The van der Waals surface area contributed by atoms with Crippen LogP contribution in [0.25, 0.3) is 0 Å². The van der Waals surface area contributed by atoms with Crippen molar-refractivity contribution in [2.24, 2.45) is 5.92 Å². The van der Waals surface area contributed by atoms with E-state index < -0.39 is 0 Å². The quantitative estimate of drug-likeness (QED) is 0.841. The maximum Gasteiger partial charge on any atom is 0.0255 e. The highest BCUT2D eigenvalue weighted by Crippen LogP contribution is 2.30. The van der Waals surface area contributed by atoms with Gasteiger partial charge in [0.2, 0.25) is 0 Å². The zero-order valence-corrected chi connectivity index (χ0v) is 14.8. The van der Waals surface area contributed by atoms with Gasteiger partial charge >= 0.3 is 0 Å². The van der Waals surface area contributed by atoms with Gasteiger partial charge < -0.3 is 10.2 Å². The van der Waals surface area contributed by atoms with Gasteiger partial charge in [-0.05, 0) is 64.6 Å². The van der Waals surface area contributed by atoms with Gasteiger partial charge in [-0.3, -0.25) is 4.90 Å². The van der Waals surface area contributed by atoms with Crippen LogP contribution < -0.4 is 5.32 Å². The van der Waals surface area contributed by atoms with Crippen molar-refractivity contribution in [1.82, 2.24) is 15.1 Å². The molecule has 1 N–H and O–H groups in total. The highest BCUT2D eigenvalue weighted by molar-refractivity contribution is 4.94. The Morgan fingerprint density at radius 3 is 2.67 bits per heavy atom. The van der Waals surface area contributed by atoms with Gasteiger partial charge in [0.05, 0.1) is 0 Å². The Labute approximate surface area is 132 Å². The van der Waals surface area contributed by atoms with Crippen LogP contribution in [-0.2, 0) is 0 Å². The standard InChI is InChI=1S/C18H37N3/c1-5-10-19-17-9-8-15(3)13-18(17)21-12-7-11-20(4)14-16(21)6-2/h15-19H,5-14H2,1-4H3. The van der Waals surface area contributed by atoms with E-state index in [1.54, 1.807) is 0 Å². The first-order valence-corrected chi connectivity index (χ1v) is 9.33. The molecule has 2 aliphatic rings. The molecule has 4 unspecified atom stereocenters. The van der Waals surface area contributed by atoms with Crippen LogP contribution in [0.2, 0.25) is 0 Å². The fraction of sp³-hybridized carbons (Fsp3) is 1.00. The van der Waals surface area contributed by atoms with Crippen molar-refractivity contribution < 1.29 is 0 Å². The van der Waals surface area contributed by atoms with Crippen LogP contribution in [-0.4, -0.2) is 61.2 Å². The van der Waals surface area contributed by atoms with Gasteiger partial charge in [0.15, 0.2) is 0 Å². The number of nitrogens with zero attached hydrogens (tertiary/aromatic N) is 2. The summed E-state index contributed by atoms with van der Waals surface area (Å²) in [5, 5.41) is 3.86. The number of nitrogens with one attached hydrogen (secondary N) is 1. The molecule has 1 saturated heterocycles. The van der Waals surface area contributed by atoms with Crippen molar-refractivity contribution in [1.29, 1.82) is 0 Å². The lowest BCUT2D eigenvalue weighted by Crippen LogP contribution is -2.57. The summed E-state index contributed by atoms with van der Waals surface area (Å²) in [6.45, 7) is 12.1. The van der Waals surface area contributed by atoms with Crippen molar-refractivity contribution in [3.63, 3.8) is 0 Å². The van der Waals surface area contributed by atoms with Gasteiger partial charge in [0, 0.05) is 31.2 Å². The van der Waals surface area contributed by atoms with Gasteiger partial charge in [-0.25, -0.2) is 0 Å². The van der Waals surface area contributed by atoms with E-state index in [-0.39, 0.29) is 0 Å². The van der Waals surface area contributed by atoms with E-state index in [0.29, 0.717) is 0 Å². The predicted octanol–water partition coefficient (Wildman–Crippen LogP) is 2.96. The van der Waals surface area contributed by atoms with E-state index in [1.165, 1.54) is 64.7 Å². The zero-order chi connectivity index (χ0) is 15.2. The van der Waals surface area contributed by atoms with E-state index >= 15 is 0 Å². The van der Waals surface area contributed by atoms with Crippen LogP contribution in [0.5, 0.6) is 0 Å². The summed E-state index contributed by atoms with van der Waals surface area (Å²) in [5.41, 5.74) is 0. The molecule has 0 spiro atoms. The van der Waals surface area contributed by atoms with Gasteiger partial charge in [-0.2, -0.15) is 0 Å². The van der Waals surface area contributed by atoms with Crippen molar-refractivity contribution >= 4 is 0 Å². The molecule has 0 bridgehead atoms. The Morgan fingerprint density at radius 1 is 1.14 bits per heavy atom. The third kappa shape index (κ3) is 4.67. The summed E-state index contributed by atoms with van der Waals surface area (Å²) in [5.74, 6) is 0.896. The average molecular weight is 296 g/mol. The second-order valence-corrected chi connectivity index (χ2v) is 7.46. The third-order valence-electron chi connectivity index (χ3n) is 5.58. The molecular weight excluding hydrogens is 258 g/mol. The van der Waals surface area contributed by atoms with Crippen LogP contribution in [0.1, 0.15) is 59.3 Å². The van der Waals surface area contributed by atoms with E-state index in [2.05, 4.69) is 42.9 Å². The highest BCUT2D eigenvalue weighted by Gasteiger charge is 2.36. The van der Waals surface area contributed by atoms with Crippen molar-refractivity contribution in [3.05, 3.63) is 0 Å². The molecule has 1 aliphatic heterocycles. The van der Waals surface area contributed by atoms with Crippen molar-refractivity contribution in [2.45, 2.75) is 77.4 Å². The molecule has 1 heterocycles. The lowest BCUT2D eigenvalue weighted by Gasteiger charge is -2.45. The summed E-state index contributed by atoms with van der Waals surface area (Å²) in [4.78, 5) is 5.42. The molecule has 1 saturated carbocycles. The third-order valence-corrected chi connectivity index (χ3v) is 5.58. The Hall–Kier alpha value is -0.120. The average Bonchev–Trinajstić information content (AvgIpc) is 2.67. The maximum absolute atomic E-state index is 3.86. The van der Waals surface area contributed by atoms with Gasteiger partial charge in [0.25, 0.3) is 0 Å². The molecule has 3 heteroatoms. The zero-order valence-electron chi connectivity index (χ0n) is 14.8. The Bertz CT molecular complexity index is 292. The Kier molecular flexibility index (Phi) is 6.97. The fourth-order valence-corrected chi connectivity index (χ4v) is 4.35. The normalized spacial score (nSPS) is 36.6. The predicted molar refractivity (Wildman–Crippen MR) is 91.8 cm³/mol. The SMILES string of the molecule is CCCNC1CCC(C)CC1N1CCCN(C)CC1CC. The molecule has 124 valence electrons. The fourth-order valence-electron chi connectivity index (χ4n) is 4.35. The molecule has 0 aromatic heterocycles. The number of rotatable bonds is 5. The first-order chi connectivity index (χ1) is 10.2. The minimum Gasteiger partial charge on any atom is -0.312 e. The van der Waals surface area contributed by atoms with Crippen LogP contribution in [0.15, 0.2) is 0 Å². The van der Waals surface area contributed by atoms with E-state index in [1.807, 2.05) is 0 Å². The van der Waals surface area contributed by atoms with E-state index in [4.69, 9.17) is 0 Å². The van der Waals surface area contributed by atoms with E-state index in [9.17, 15) is 0 Å². The molecule has 1 aliphatic carbocycles. The number of likely N-dealkylation sites (N-methyl/N-ethyl adjacent to an activating group) is 1. The lowest BCUT2D eigenvalue weighted by atomic mass is 9.81. The topological polar surface area (TPSA) is 18.5 Å². The van der Waals surface area contributed by atoms with Crippen molar-refractivity contribution in [3.8, 4) is 0 Å². The Morgan fingerprint density at radius 2 is 1.95 bits per heavy atom. The van der Waals surface area contributed by atoms with E-state index in [0.717, 1.165) is 24.0 Å². The van der Waals surface area contributed by atoms with Gasteiger partial charge in [0.1, 0.15) is 0 Å². The summed E-state index contributed by atoms with van der Waals surface area (Å²) in [7, 11) is 2.29. The molecular formula is C18H37N3. The first-order valence-electron chi connectivity index (χ1n) is 9.33. The van der Waals surface area contributed by atoms with Crippen LogP contribution >= 0.6 is 0 Å². The van der Waals surface area contributed by atoms with Gasteiger partial charge in [-0.1, -0.05) is 20.8 Å². The summed E-state index contributed by atoms with van der Waals surface area (Å²) in [6, 6.07) is 2.23. The maximum atomic E-state index is 3.86. The van der Waals surface area contributed by atoms with Crippen LogP contribution in [0.4, 0.5) is 0 Å². The molecule has 2 fully saturated rings. The highest BCUT2D eigenvalue weighted by atomic mass is 15.3. The summed E-state index contributed by atoms with van der Waals surface area (Å²) in [6.07, 6.45) is 8.03. The summed E-state index contributed by atoms with van der Waals surface area (Å²) < 4.78 is 0. The molecule has 2 rings (SSSR count). The number of hydrogen-bond acceptors (Lipinski definition) is 3. The molecule has 0 amide bonds. The monoisotopic (exact) mass is 295 g/mol. The molecule has 0 radical (unpaired) electrons. The first kappa shape index (κ1) is 17.2. The largest absolute Gasteiger partial charge is 0.312 e. The van der Waals surface area contributed by atoms with Crippen LogP contribution in [0, 0.1) is 5.92 Å². The number of hydrogen-bond donors (Lipinski definition) is 1. The second kappa shape index (κ2) is 8.50. The minimum atomic E-state index is 0.721. The van der Waals surface area contributed by atoms with Crippen molar-refractivity contribution in [2.75, 3.05) is 33.2 Å². The Balaban J connectivity index is 2.08. The van der Waals surface area contributed by atoms with Gasteiger partial charge in [-0.15, -0.1) is 0 Å². The van der Waals surface area contributed by atoms with Crippen LogP contribution in [0.3, 0.4) is 0 Å². The molecule has 0 aromatic rings. The molecule has 21 heavy (non-hydrogen) atoms. The molecule has 3 nitrogen and oxygen atoms in total. The lowest BCUT2D eigenvalue weighted by molar-refractivity contribution is 0.0619. The summed E-state index contributed by atoms with van der Waals surface area (Å²) >= 11 is 0. The molecule has 0 aromatic carbocycles. The molecule has 4 atom stereocenters. The minimum absolute atomic E-state index is 0.721. The second-order valence-electron chi connectivity index (χ2n) is 7.46.